The van der Waals surface area contributed by atoms with Gasteiger partial charge >= 0.3 is 0 Å². The number of anilines is 2. The molecule has 0 spiro atoms. The van der Waals surface area contributed by atoms with Gasteiger partial charge in [-0.25, -0.2) is 4.98 Å². The second kappa shape index (κ2) is 16.3. The quantitative estimate of drug-likeness (QED) is 0.109. The highest BCUT2D eigenvalue weighted by atomic mass is 16.1. The van der Waals surface area contributed by atoms with Crippen molar-refractivity contribution in [2.45, 2.75) is 78.8 Å². The van der Waals surface area contributed by atoms with Crippen LogP contribution in [-0.4, -0.2) is 78.8 Å². The number of piperazine rings is 1. The van der Waals surface area contributed by atoms with E-state index < -0.39 is 0 Å². The summed E-state index contributed by atoms with van der Waals surface area (Å²) in [5.41, 5.74) is 5.22. The number of H-pyrrole nitrogens is 1. The molecule has 2 unspecified atom stereocenters. The molecule has 2 aromatic heterocycles. The number of amides is 1. The van der Waals surface area contributed by atoms with Crippen molar-refractivity contribution in [3.63, 3.8) is 0 Å². The number of benzene rings is 1. The van der Waals surface area contributed by atoms with Crippen LogP contribution in [0.4, 0.5) is 11.5 Å². The molecule has 1 amide bonds. The molecule has 0 radical (unpaired) electrons. The molecule has 3 heterocycles. The Morgan fingerprint density at radius 3 is 2.44 bits per heavy atom. The Morgan fingerprint density at radius 1 is 1.02 bits per heavy atom. The van der Waals surface area contributed by atoms with E-state index in [-0.39, 0.29) is 24.1 Å². The van der Waals surface area contributed by atoms with E-state index >= 15 is 0 Å². The average Bonchev–Trinajstić information content (AvgIpc) is 3.44. The topological polar surface area (TPSA) is 129 Å². The maximum atomic E-state index is 13.6. The number of carbonyl (C=O) groups is 1. The summed E-state index contributed by atoms with van der Waals surface area (Å²) in [5, 5.41) is 18.2. The van der Waals surface area contributed by atoms with Crippen LogP contribution in [0.1, 0.15) is 85.1 Å². The third-order valence-corrected chi connectivity index (χ3v) is 11.0. The first-order valence-electron chi connectivity index (χ1n) is 18.7. The van der Waals surface area contributed by atoms with Crippen LogP contribution in [0.25, 0.3) is 11.1 Å². The average molecular weight is 681 g/mol. The highest BCUT2D eigenvalue weighted by molar-refractivity contribution is 6.06. The summed E-state index contributed by atoms with van der Waals surface area (Å²) in [6.45, 7) is 15.1. The third-order valence-electron chi connectivity index (χ3n) is 11.0. The number of hydrogen-bond donors (Lipinski definition) is 5. The molecule has 2 aliphatic carbocycles. The number of aromatic nitrogens is 2. The summed E-state index contributed by atoms with van der Waals surface area (Å²) in [5.74, 6) is 3.62. The molecule has 1 saturated heterocycles. The molecule has 268 valence electrons. The fourth-order valence-electron chi connectivity index (χ4n) is 8.45. The highest BCUT2D eigenvalue weighted by Crippen LogP contribution is 2.45. The van der Waals surface area contributed by atoms with Gasteiger partial charge in [0, 0.05) is 92.3 Å². The van der Waals surface area contributed by atoms with Crippen LogP contribution in [0.3, 0.4) is 0 Å². The number of hydrogen-bond acceptors (Lipinski definition) is 8. The van der Waals surface area contributed by atoms with E-state index in [1.807, 2.05) is 52.1 Å². The largest absolute Gasteiger partial charge is 0.382 e. The van der Waals surface area contributed by atoms with Gasteiger partial charge in [0.15, 0.2) is 0 Å². The van der Waals surface area contributed by atoms with Gasteiger partial charge in [0.1, 0.15) is 5.82 Å². The zero-order valence-corrected chi connectivity index (χ0v) is 30.4. The van der Waals surface area contributed by atoms with Gasteiger partial charge in [-0.2, -0.15) is 0 Å². The molecule has 1 aliphatic heterocycles. The van der Waals surface area contributed by atoms with E-state index in [0.29, 0.717) is 22.4 Å². The summed E-state index contributed by atoms with van der Waals surface area (Å²) >= 11 is 0. The van der Waals surface area contributed by atoms with Crippen LogP contribution in [0.2, 0.25) is 0 Å². The first-order chi connectivity index (χ1) is 24.2. The minimum atomic E-state index is -0.342. The molecule has 2 atom stereocenters. The highest BCUT2D eigenvalue weighted by Gasteiger charge is 2.33. The van der Waals surface area contributed by atoms with Crippen LogP contribution in [0, 0.1) is 37.0 Å². The molecule has 2 bridgehead atoms. The van der Waals surface area contributed by atoms with Gasteiger partial charge in [0.25, 0.3) is 11.5 Å². The summed E-state index contributed by atoms with van der Waals surface area (Å²) < 4.78 is 0. The molecular weight excluding hydrogens is 624 g/mol. The molecule has 3 aromatic rings. The fraction of sp³-hybridized carbons (Fsp3) is 0.550. The predicted molar refractivity (Wildman–Crippen MR) is 204 cm³/mol. The van der Waals surface area contributed by atoms with Crippen LogP contribution >= 0.6 is 0 Å². The second-order valence-electron chi connectivity index (χ2n) is 15.2. The summed E-state index contributed by atoms with van der Waals surface area (Å²) in [6, 6.07) is 9.92. The second-order valence-corrected chi connectivity index (χ2v) is 15.2. The van der Waals surface area contributed by atoms with E-state index in [1.54, 1.807) is 0 Å². The van der Waals surface area contributed by atoms with Crippen molar-refractivity contribution in [3.05, 3.63) is 74.8 Å². The van der Waals surface area contributed by atoms with Crippen molar-refractivity contribution in [3.8, 4) is 11.1 Å². The number of nitrogens with zero attached hydrogens (tertiary/aromatic N) is 3. The van der Waals surface area contributed by atoms with E-state index in [4.69, 9.17) is 10.4 Å². The van der Waals surface area contributed by atoms with Crippen LogP contribution in [-0.2, 0) is 6.54 Å². The molecule has 10 nitrogen and oxygen atoms in total. The van der Waals surface area contributed by atoms with Crippen LogP contribution in [0.15, 0.2) is 41.3 Å². The van der Waals surface area contributed by atoms with Gasteiger partial charge < -0.3 is 31.2 Å². The summed E-state index contributed by atoms with van der Waals surface area (Å²) in [6.07, 6.45) is 11.9. The molecule has 5 N–H and O–H groups in total. The Kier molecular flexibility index (Phi) is 11.7. The lowest BCUT2D eigenvalue weighted by atomic mass is 9.79. The van der Waals surface area contributed by atoms with Gasteiger partial charge in [-0.05, 0) is 119 Å². The van der Waals surface area contributed by atoms with Crippen molar-refractivity contribution in [1.82, 2.24) is 25.5 Å². The van der Waals surface area contributed by atoms with E-state index in [9.17, 15) is 9.59 Å². The molecule has 3 aliphatic rings. The first kappa shape index (κ1) is 35.8. The lowest BCUT2D eigenvalue weighted by Crippen LogP contribution is -2.48. The maximum absolute atomic E-state index is 13.6. The standard InChI is InChI=1S/C40H56N8O2/c1-26(2)45-37-22-33(21-34(35(37)23-41)39(49)44-25-36-27(3)17-28(4)46-40(36)50)32-7-8-38(43-24-32)48-15-13-47(14-16-48)12-11-42-10-9-31-19-29-5-6-30(18-29)20-31/h7-8,17,21-24,26,29-31,41-42,45H,5-6,9-16,18-20,25H2,1-4H3,(H,44,49)(H,46,50). The number of fused-ring (bicyclic) bond motifs is 2. The van der Waals surface area contributed by atoms with Gasteiger partial charge in [0.2, 0.25) is 0 Å². The monoisotopic (exact) mass is 680 g/mol. The molecule has 1 aromatic carbocycles. The van der Waals surface area contributed by atoms with Gasteiger partial charge in [-0.1, -0.05) is 12.8 Å². The SMILES string of the molecule is Cc1cc(C)c(CNC(=O)c2cc(-c3ccc(N4CCN(CCNCCC5CC6CCC(C5)C6)CC4)nc3)cc(NC(C)C)c2C=N)c(=O)[nH]1. The number of aromatic amines is 1. The third kappa shape index (κ3) is 8.82. The normalized spacial score (nSPS) is 20.7. The number of pyridine rings is 2. The lowest BCUT2D eigenvalue weighted by molar-refractivity contribution is 0.0950. The minimum Gasteiger partial charge on any atom is -0.382 e. The number of nitrogens with one attached hydrogen (secondary N) is 5. The maximum Gasteiger partial charge on any atom is 0.253 e. The number of carbonyl (C=O) groups excluding carboxylic acids is 1. The van der Waals surface area contributed by atoms with Gasteiger partial charge in [-0.3, -0.25) is 14.5 Å². The fourth-order valence-corrected chi connectivity index (χ4v) is 8.45. The van der Waals surface area contributed by atoms with E-state index in [1.165, 1.54) is 44.7 Å². The van der Waals surface area contributed by atoms with Crippen molar-refractivity contribution in [2.24, 2.45) is 17.8 Å². The Balaban J connectivity index is 1.05. The van der Waals surface area contributed by atoms with E-state index in [0.717, 1.165) is 91.8 Å². The minimum absolute atomic E-state index is 0.0933. The van der Waals surface area contributed by atoms with Crippen molar-refractivity contribution in [1.29, 1.82) is 5.41 Å². The van der Waals surface area contributed by atoms with Crippen LogP contribution in [0.5, 0.6) is 0 Å². The van der Waals surface area contributed by atoms with E-state index in [2.05, 4.69) is 42.9 Å². The summed E-state index contributed by atoms with van der Waals surface area (Å²) in [7, 11) is 0. The Labute approximate surface area is 297 Å². The van der Waals surface area contributed by atoms with Gasteiger partial charge in [-0.15, -0.1) is 0 Å². The zero-order chi connectivity index (χ0) is 35.2. The first-order valence-corrected chi connectivity index (χ1v) is 18.7. The zero-order valence-electron chi connectivity index (χ0n) is 30.4. The van der Waals surface area contributed by atoms with Crippen molar-refractivity contribution >= 4 is 23.6 Å². The Bertz CT molecular complexity index is 1680. The molecular formula is C40H56N8O2. The Morgan fingerprint density at radius 2 is 1.78 bits per heavy atom. The smallest absolute Gasteiger partial charge is 0.253 e. The molecule has 10 heteroatoms. The number of rotatable bonds is 14. The van der Waals surface area contributed by atoms with Crippen LogP contribution < -0.4 is 26.4 Å². The molecule has 2 saturated carbocycles. The van der Waals surface area contributed by atoms with Gasteiger partial charge in [0.05, 0.1) is 5.56 Å². The Hall–Kier alpha value is -4.02. The predicted octanol–water partition coefficient (Wildman–Crippen LogP) is 5.73. The molecule has 3 fully saturated rings. The van der Waals surface area contributed by atoms with Crippen molar-refractivity contribution < 1.29 is 4.79 Å². The molecule has 6 rings (SSSR count). The molecule has 50 heavy (non-hydrogen) atoms. The van der Waals surface area contributed by atoms with Crippen molar-refractivity contribution in [2.75, 3.05) is 56.0 Å². The number of aryl methyl sites for hydroxylation is 2. The lowest BCUT2D eigenvalue weighted by Gasteiger charge is -2.35. The summed E-state index contributed by atoms with van der Waals surface area (Å²) in [4.78, 5) is 38.7.